The van der Waals surface area contributed by atoms with Gasteiger partial charge in [-0.15, -0.1) is 11.3 Å². The summed E-state index contributed by atoms with van der Waals surface area (Å²) in [7, 11) is -3.89. The van der Waals surface area contributed by atoms with Crippen LogP contribution in [0.1, 0.15) is 98.4 Å². The Morgan fingerprint density at radius 1 is 1.13 bits per heavy atom. The number of benzene rings is 1. The van der Waals surface area contributed by atoms with Gasteiger partial charge < -0.3 is 19.4 Å². The van der Waals surface area contributed by atoms with Crippen molar-refractivity contribution in [2.75, 3.05) is 19.7 Å². The third-order valence-corrected chi connectivity index (χ3v) is 13.8. The third-order valence-electron chi connectivity index (χ3n) is 10.6. The molecule has 1 aliphatic heterocycles. The topological polar surface area (TPSA) is 117 Å². The monoisotopic (exact) mass is 667 g/mol. The van der Waals surface area contributed by atoms with Gasteiger partial charge >= 0.3 is 0 Å². The number of carbonyl (C=O) groups excluding carboxylic acids is 1. The van der Waals surface area contributed by atoms with Gasteiger partial charge in [0.1, 0.15) is 4.21 Å². The fraction of sp³-hybridized carbons (Fsp3) is 0.528. The second-order valence-corrected chi connectivity index (χ2v) is 16.7. The molecule has 7 rings (SSSR count). The molecule has 1 aromatic carbocycles. The number of hydrogen-bond donors (Lipinski definition) is 2. The summed E-state index contributed by atoms with van der Waals surface area (Å²) in [5.41, 5.74) is 1.23. The molecule has 0 amide bonds. The molecule has 8 nitrogen and oxygen atoms in total. The van der Waals surface area contributed by atoms with Crippen LogP contribution in [0.5, 0.6) is 0 Å². The van der Waals surface area contributed by atoms with Gasteiger partial charge in [-0.25, -0.2) is 8.42 Å². The summed E-state index contributed by atoms with van der Waals surface area (Å²) >= 11 is 1.18. The Morgan fingerprint density at radius 2 is 1.98 bits per heavy atom. The first-order chi connectivity index (χ1) is 22.0. The summed E-state index contributed by atoms with van der Waals surface area (Å²) in [6.07, 6.45) is 8.59. The maximum atomic E-state index is 14.1. The van der Waals surface area contributed by atoms with E-state index >= 15 is 0 Å². The van der Waals surface area contributed by atoms with E-state index in [2.05, 4.69) is 19.9 Å². The molecule has 3 aromatic rings. The molecule has 3 aliphatic carbocycles. The predicted molar refractivity (Wildman–Crippen MR) is 178 cm³/mol. The fourth-order valence-electron chi connectivity index (χ4n) is 7.83. The number of hydrogen-bond acceptors (Lipinski definition) is 8. The zero-order chi connectivity index (χ0) is 32.5. The molecule has 248 valence electrons. The lowest BCUT2D eigenvalue weighted by Crippen LogP contribution is -2.54. The molecule has 0 radical (unpaired) electrons. The van der Waals surface area contributed by atoms with Crippen LogP contribution in [0, 0.1) is 5.41 Å². The Labute approximate surface area is 276 Å². The Bertz CT molecular complexity index is 1640. The Hall–Kier alpha value is -2.60. The molecule has 2 fully saturated rings. The molecule has 0 unspecified atom stereocenters. The first kappa shape index (κ1) is 33.3. The lowest BCUT2D eigenvalue weighted by atomic mass is 9.65. The van der Waals surface area contributed by atoms with Crippen LogP contribution in [0.15, 0.2) is 74.4 Å². The summed E-state index contributed by atoms with van der Waals surface area (Å²) in [4.78, 5) is 13.9. The average Bonchev–Trinajstić information content (AvgIpc) is 3.85. The minimum Gasteiger partial charge on any atom is -0.461 e. The number of furan rings is 1. The van der Waals surface area contributed by atoms with Crippen LogP contribution >= 0.6 is 11.3 Å². The minimum absolute atomic E-state index is 0.0610. The van der Waals surface area contributed by atoms with Crippen LogP contribution in [0.3, 0.4) is 0 Å². The molecule has 0 spiro atoms. The number of carbonyl (C=O) groups is 1. The average molecular weight is 668 g/mol. The minimum atomic E-state index is -3.89. The quantitative estimate of drug-likeness (QED) is 0.209. The number of aliphatic hydroxyl groups is 2. The zero-order valence-corrected chi connectivity index (χ0v) is 28.3. The number of thiophene rings is 1. The van der Waals surface area contributed by atoms with Gasteiger partial charge in [0.05, 0.1) is 24.1 Å². The first-order valence-corrected chi connectivity index (χ1v) is 18.7. The van der Waals surface area contributed by atoms with E-state index in [1.807, 2.05) is 18.2 Å². The smallest absolute Gasteiger partial charge is 0.252 e. The molecular formula is C36H45NO7S2. The maximum absolute atomic E-state index is 14.1. The van der Waals surface area contributed by atoms with Gasteiger partial charge in [-0.3, -0.25) is 4.79 Å². The number of aliphatic hydroxyl groups excluding tert-OH is 1. The van der Waals surface area contributed by atoms with Crippen molar-refractivity contribution in [3.05, 3.63) is 88.2 Å². The summed E-state index contributed by atoms with van der Waals surface area (Å²) in [6, 6.07) is 12.5. The fourth-order valence-corrected chi connectivity index (χ4v) is 10.5. The molecule has 1 saturated carbocycles. The number of allylic oxidation sites excluding steroid dienone is 2. The highest BCUT2D eigenvalue weighted by atomic mass is 32.2. The van der Waals surface area contributed by atoms with Crippen molar-refractivity contribution in [1.29, 1.82) is 0 Å². The van der Waals surface area contributed by atoms with E-state index in [0.29, 0.717) is 50.7 Å². The number of fused-ring (bicyclic) bond motifs is 8. The molecular weight excluding hydrogens is 623 g/mol. The highest BCUT2D eigenvalue weighted by Gasteiger charge is 2.58. The number of ketones is 1. The van der Waals surface area contributed by atoms with Crippen LogP contribution in [0.4, 0.5) is 0 Å². The summed E-state index contributed by atoms with van der Waals surface area (Å²) in [5.74, 6) is -0.230. The van der Waals surface area contributed by atoms with Crippen molar-refractivity contribution in [2.45, 2.75) is 99.6 Å². The molecule has 4 aliphatic rings. The second kappa shape index (κ2) is 13.5. The molecule has 3 heterocycles. The molecule has 46 heavy (non-hydrogen) atoms. The van der Waals surface area contributed by atoms with Crippen molar-refractivity contribution in [2.24, 2.45) is 5.41 Å². The van der Waals surface area contributed by atoms with Crippen molar-refractivity contribution in [3.8, 4) is 0 Å². The largest absolute Gasteiger partial charge is 0.461 e. The Balaban J connectivity index is 1.43. The lowest BCUT2D eigenvalue weighted by molar-refractivity contribution is -0.0754. The van der Waals surface area contributed by atoms with E-state index < -0.39 is 27.1 Å². The van der Waals surface area contributed by atoms with E-state index in [1.54, 1.807) is 29.6 Å². The SMILES string of the molecule is CC1=CCC[C@@]2(C)[C@@H](CC[C@@]2(O)CN(C[C@H]2CCCO2)S(=O)(=O)c2cccs2)c2ccc(cc2C(=O)c2ccco2)C[C@@H](O)CC1. The van der Waals surface area contributed by atoms with Crippen LogP contribution in [-0.2, 0) is 21.2 Å². The van der Waals surface area contributed by atoms with Gasteiger partial charge in [-0.1, -0.05) is 36.8 Å². The van der Waals surface area contributed by atoms with Crippen LogP contribution in [-0.4, -0.2) is 66.2 Å². The molecule has 2 bridgehead atoms. The standard InChI is InChI=1S/C36H45NO7S2/c1-25-7-3-16-35(2)31(29-14-12-26(21-27(38)13-11-25)22-30(29)34(39)32-9-5-19-44-32)15-17-36(35,40)24-37(23-28-8-4-18-43-28)46(41,42)33-10-6-20-45-33/h5-7,9-10,12,14,19-20,22,27-28,31,38,40H,3-4,8,11,13,15-18,21,23-24H2,1-2H3/t27-,28+,31-,35-,36+/m0/s1. The molecule has 1 saturated heterocycles. The van der Waals surface area contributed by atoms with Gasteiger partial charge in [0.2, 0.25) is 5.78 Å². The number of rotatable bonds is 8. The molecule has 10 heteroatoms. The second-order valence-electron chi connectivity index (χ2n) is 13.6. The number of ether oxygens (including phenoxy) is 1. The highest BCUT2D eigenvalue weighted by molar-refractivity contribution is 7.91. The van der Waals surface area contributed by atoms with Gasteiger partial charge in [0, 0.05) is 30.7 Å². The van der Waals surface area contributed by atoms with Gasteiger partial charge in [-0.05, 0) is 111 Å². The lowest BCUT2D eigenvalue weighted by Gasteiger charge is -2.46. The first-order valence-electron chi connectivity index (χ1n) is 16.4. The van der Waals surface area contributed by atoms with E-state index in [0.717, 1.165) is 30.4 Å². The van der Waals surface area contributed by atoms with Gasteiger partial charge in [0.15, 0.2) is 5.76 Å². The maximum Gasteiger partial charge on any atom is 0.252 e. The number of nitrogens with zero attached hydrogens (tertiary/aromatic N) is 1. The van der Waals surface area contributed by atoms with E-state index in [9.17, 15) is 23.4 Å². The van der Waals surface area contributed by atoms with Crippen LogP contribution in [0.25, 0.3) is 0 Å². The van der Waals surface area contributed by atoms with Gasteiger partial charge in [-0.2, -0.15) is 4.31 Å². The van der Waals surface area contributed by atoms with Crippen molar-refractivity contribution >= 4 is 27.1 Å². The molecule has 2 N–H and O–H groups in total. The summed E-state index contributed by atoms with van der Waals surface area (Å²) < 4.78 is 41.3. The normalized spacial score (nSPS) is 29.1. The molecule has 5 atom stereocenters. The third kappa shape index (κ3) is 6.57. The van der Waals surface area contributed by atoms with E-state index in [4.69, 9.17) is 9.15 Å². The number of sulfonamides is 1. The van der Waals surface area contributed by atoms with Crippen molar-refractivity contribution < 1.29 is 32.6 Å². The Morgan fingerprint density at radius 3 is 2.70 bits per heavy atom. The zero-order valence-electron chi connectivity index (χ0n) is 26.7. The van der Waals surface area contributed by atoms with Crippen molar-refractivity contribution in [3.63, 3.8) is 0 Å². The predicted octanol–water partition coefficient (Wildman–Crippen LogP) is 6.48. The molecule has 2 aromatic heterocycles. The van der Waals surface area contributed by atoms with E-state index in [-0.39, 0.29) is 40.9 Å². The highest BCUT2D eigenvalue weighted by Crippen LogP contribution is 2.59. The summed E-state index contributed by atoms with van der Waals surface area (Å²) in [6.45, 7) is 4.87. The van der Waals surface area contributed by atoms with E-state index in [1.165, 1.54) is 27.5 Å². The Kier molecular flexibility index (Phi) is 9.77. The van der Waals surface area contributed by atoms with Gasteiger partial charge in [0.25, 0.3) is 10.0 Å². The van der Waals surface area contributed by atoms with Crippen LogP contribution in [0.2, 0.25) is 0 Å². The summed E-state index contributed by atoms with van der Waals surface area (Å²) in [5, 5.41) is 25.4. The van der Waals surface area contributed by atoms with Crippen LogP contribution < -0.4 is 0 Å². The van der Waals surface area contributed by atoms with Crippen molar-refractivity contribution in [1.82, 2.24) is 4.31 Å².